The zero-order valence-corrected chi connectivity index (χ0v) is 11.3. The number of nitrogens with one attached hydrogen (secondary N) is 1. The van der Waals surface area contributed by atoms with E-state index in [9.17, 15) is 8.78 Å². The summed E-state index contributed by atoms with van der Waals surface area (Å²) in [7, 11) is 0. The smallest absolute Gasteiger partial charge is 0.126 e. The van der Waals surface area contributed by atoms with E-state index in [-0.39, 0.29) is 17.7 Å². The molecule has 0 spiro atoms. The fourth-order valence-electron chi connectivity index (χ4n) is 1.94. The highest BCUT2D eigenvalue weighted by Crippen LogP contribution is 2.24. The summed E-state index contributed by atoms with van der Waals surface area (Å²) in [6.07, 6.45) is 0. The van der Waals surface area contributed by atoms with Gasteiger partial charge >= 0.3 is 0 Å². The van der Waals surface area contributed by atoms with Crippen LogP contribution in [-0.4, -0.2) is 0 Å². The normalized spacial score (nSPS) is 12.3. The number of aryl methyl sites for hydroxylation is 2. The van der Waals surface area contributed by atoms with Crippen LogP contribution >= 0.6 is 0 Å². The molecule has 2 rings (SSSR count). The van der Waals surface area contributed by atoms with E-state index in [1.165, 1.54) is 18.2 Å². The summed E-state index contributed by atoms with van der Waals surface area (Å²) in [6.45, 7) is 5.56. The Morgan fingerprint density at radius 2 is 1.63 bits per heavy atom. The Labute approximate surface area is 112 Å². The van der Waals surface area contributed by atoms with Gasteiger partial charge in [-0.15, -0.1) is 0 Å². The van der Waals surface area contributed by atoms with E-state index in [0.717, 1.165) is 16.8 Å². The summed E-state index contributed by atoms with van der Waals surface area (Å²) >= 11 is 0. The highest BCUT2D eigenvalue weighted by Gasteiger charge is 2.09. The van der Waals surface area contributed by atoms with E-state index in [1.807, 2.05) is 19.9 Å². The maximum atomic E-state index is 13.5. The Hall–Kier alpha value is -1.90. The molecule has 0 saturated heterocycles. The minimum absolute atomic E-state index is 0.0874. The molecule has 1 unspecified atom stereocenters. The highest BCUT2D eigenvalue weighted by atomic mass is 19.1. The van der Waals surface area contributed by atoms with Crippen molar-refractivity contribution in [2.75, 3.05) is 5.32 Å². The first-order valence-corrected chi connectivity index (χ1v) is 6.26. The van der Waals surface area contributed by atoms with Crippen LogP contribution in [0.4, 0.5) is 14.5 Å². The molecule has 0 saturated carbocycles. The predicted molar refractivity (Wildman–Crippen MR) is 74.3 cm³/mol. The van der Waals surface area contributed by atoms with E-state index in [1.54, 1.807) is 19.1 Å². The van der Waals surface area contributed by atoms with Crippen molar-refractivity contribution < 1.29 is 8.78 Å². The molecule has 3 heteroatoms. The third kappa shape index (κ3) is 3.11. The largest absolute Gasteiger partial charge is 0.378 e. The molecule has 2 aromatic rings. The molecule has 0 heterocycles. The van der Waals surface area contributed by atoms with E-state index in [2.05, 4.69) is 5.32 Å². The van der Waals surface area contributed by atoms with E-state index >= 15 is 0 Å². The van der Waals surface area contributed by atoms with Gasteiger partial charge in [0.15, 0.2) is 0 Å². The average molecular weight is 261 g/mol. The lowest BCUT2D eigenvalue weighted by atomic mass is 10.0. The number of hydrogen-bond donors (Lipinski definition) is 1. The molecule has 0 aromatic heterocycles. The second-order valence-corrected chi connectivity index (χ2v) is 4.83. The summed E-state index contributed by atoms with van der Waals surface area (Å²) in [5, 5.41) is 3.21. The van der Waals surface area contributed by atoms with Crippen molar-refractivity contribution in [2.45, 2.75) is 26.8 Å². The van der Waals surface area contributed by atoms with Gasteiger partial charge in [-0.25, -0.2) is 8.78 Å². The van der Waals surface area contributed by atoms with Crippen LogP contribution in [0.15, 0.2) is 36.4 Å². The molecular weight excluding hydrogens is 244 g/mol. The number of benzene rings is 2. The number of halogens is 2. The lowest BCUT2D eigenvalue weighted by molar-refractivity contribution is 0.614. The number of rotatable bonds is 3. The molecule has 0 fully saturated rings. The Morgan fingerprint density at radius 1 is 0.947 bits per heavy atom. The van der Waals surface area contributed by atoms with Gasteiger partial charge in [0.05, 0.1) is 0 Å². The number of anilines is 1. The quantitative estimate of drug-likeness (QED) is 0.840. The molecule has 1 atom stereocenters. The van der Waals surface area contributed by atoms with Gasteiger partial charge in [0.25, 0.3) is 0 Å². The maximum Gasteiger partial charge on any atom is 0.126 e. The first-order chi connectivity index (χ1) is 8.97. The van der Waals surface area contributed by atoms with Gasteiger partial charge in [-0.3, -0.25) is 0 Å². The molecule has 1 nitrogen and oxygen atoms in total. The fourth-order valence-corrected chi connectivity index (χ4v) is 1.94. The lowest BCUT2D eigenvalue weighted by Crippen LogP contribution is -2.08. The van der Waals surface area contributed by atoms with Crippen LogP contribution in [0.5, 0.6) is 0 Å². The van der Waals surface area contributed by atoms with Gasteiger partial charge in [-0.1, -0.05) is 18.2 Å². The van der Waals surface area contributed by atoms with Gasteiger partial charge < -0.3 is 5.32 Å². The molecule has 0 bridgehead atoms. The number of hydrogen-bond acceptors (Lipinski definition) is 1. The first-order valence-electron chi connectivity index (χ1n) is 6.26. The lowest BCUT2D eigenvalue weighted by Gasteiger charge is -2.18. The molecule has 100 valence electrons. The van der Waals surface area contributed by atoms with Crippen molar-refractivity contribution in [1.82, 2.24) is 0 Å². The van der Waals surface area contributed by atoms with Crippen molar-refractivity contribution in [3.8, 4) is 0 Å². The van der Waals surface area contributed by atoms with Crippen LogP contribution in [0.2, 0.25) is 0 Å². The van der Waals surface area contributed by atoms with E-state index < -0.39 is 0 Å². The molecule has 0 aliphatic carbocycles. The third-order valence-electron chi connectivity index (χ3n) is 3.27. The van der Waals surface area contributed by atoms with Crippen LogP contribution in [0.25, 0.3) is 0 Å². The fraction of sp³-hybridized carbons (Fsp3) is 0.250. The molecule has 1 N–H and O–H groups in total. The average Bonchev–Trinajstić information content (AvgIpc) is 2.37. The minimum atomic E-state index is -0.282. The predicted octanol–water partition coefficient (Wildman–Crippen LogP) is 4.75. The molecular formula is C16H17F2N. The Morgan fingerprint density at radius 3 is 2.32 bits per heavy atom. The summed E-state index contributed by atoms with van der Waals surface area (Å²) < 4.78 is 26.8. The zero-order valence-electron chi connectivity index (χ0n) is 11.3. The van der Waals surface area contributed by atoms with E-state index in [4.69, 9.17) is 0 Å². The topological polar surface area (TPSA) is 12.0 Å². The van der Waals surface area contributed by atoms with Crippen molar-refractivity contribution in [1.29, 1.82) is 0 Å². The second kappa shape index (κ2) is 5.39. The standard InChI is InChI=1S/C16H17F2N/c1-10-4-6-13(8-15(10)18)12(3)19-16-9-14(17)7-5-11(16)2/h4-9,12,19H,1-3H3. The minimum Gasteiger partial charge on any atom is -0.378 e. The van der Waals surface area contributed by atoms with Gasteiger partial charge in [-0.2, -0.15) is 0 Å². The van der Waals surface area contributed by atoms with Crippen LogP contribution in [0, 0.1) is 25.5 Å². The molecule has 0 aliphatic rings. The Kier molecular flexibility index (Phi) is 3.84. The first kappa shape index (κ1) is 13.5. The van der Waals surface area contributed by atoms with Crippen LogP contribution in [0.3, 0.4) is 0 Å². The second-order valence-electron chi connectivity index (χ2n) is 4.83. The zero-order chi connectivity index (χ0) is 14.0. The molecule has 2 aromatic carbocycles. The van der Waals surface area contributed by atoms with Crippen LogP contribution in [-0.2, 0) is 0 Å². The third-order valence-corrected chi connectivity index (χ3v) is 3.27. The van der Waals surface area contributed by atoms with Crippen molar-refractivity contribution in [2.24, 2.45) is 0 Å². The molecule has 0 aliphatic heterocycles. The summed E-state index contributed by atoms with van der Waals surface area (Å²) in [5.41, 5.74) is 3.15. The van der Waals surface area contributed by atoms with Crippen molar-refractivity contribution in [3.63, 3.8) is 0 Å². The Balaban J connectivity index is 2.22. The highest BCUT2D eigenvalue weighted by molar-refractivity contribution is 5.52. The summed E-state index contributed by atoms with van der Waals surface area (Å²) in [4.78, 5) is 0. The molecule has 19 heavy (non-hydrogen) atoms. The summed E-state index contributed by atoms with van der Waals surface area (Å²) in [6, 6.07) is 9.66. The SMILES string of the molecule is Cc1ccc(C(C)Nc2cc(F)ccc2C)cc1F. The molecule has 0 amide bonds. The van der Waals surface area contributed by atoms with Crippen LogP contribution < -0.4 is 5.32 Å². The molecule has 0 radical (unpaired) electrons. The Bertz CT molecular complexity index is 593. The maximum absolute atomic E-state index is 13.5. The van der Waals surface area contributed by atoms with Gasteiger partial charge in [0.1, 0.15) is 11.6 Å². The van der Waals surface area contributed by atoms with Gasteiger partial charge in [0.2, 0.25) is 0 Å². The summed E-state index contributed by atoms with van der Waals surface area (Å²) in [5.74, 6) is -0.502. The van der Waals surface area contributed by atoms with Crippen LogP contribution in [0.1, 0.15) is 29.7 Å². The van der Waals surface area contributed by atoms with Crippen molar-refractivity contribution in [3.05, 3.63) is 64.7 Å². The van der Waals surface area contributed by atoms with E-state index in [0.29, 0.717) is 5.56 Å². The van der Waals surface area contributed by atoms with Gasteiger partial charge in [-0.05, 0) is 55.7 Å². The monoisotopic (exact) mass is 261 g/mol. The van der Waals surface area contributed by atoms with Gasteiger partial charge in [0, 0.05) is 11.7 Å². The van der Waals surface area contributed by atoms with Crippen molar-refractivity contribution >= 4 is 5.69 Å².